The van der Waals surface area contributed by atoms with Crippen LogP contribution in [-0.2, 0) is 14.2 Å². The van der Waals surface area contributed by atoms with Gasteiger partial charge in [0.1, 0.15) is 0 Å². The smallest absolute Gasteiger partial charge is 0.0671 e. The summed E-state index contributed by atoms with van der Waals surface area (Å²) in [5.41, 5.74) is 0. The molecule has 0 aliphatic heterocycles. The van der Waals surface area contributed by atoms with Crippen LogP contribution in [0.4, 0.5) is 0 Å². The lowest BCUT2D eigenvalue weighted by Gasteiger charge is -2.13. The van der Waals surface area contributed by atoms with Crippen molar-refractivity contribution in [2.45, 2.75) is 32.8 Å². The first-order valence-corrected chi connectivity index (χ1v) is 6.20. The van der Waals surface area contributed by atoms with Crippen molar-refractivity contribution < 1.29 is 14.2 Å². The van der Waals surface area contributed by atoms with Gasteiger partial charge in [-0.2, -0.15) is 0 Å². The molecule has 16 heavy (non-hydrogen) atoms. The zero-order chi connectivity index (χ0) is 12.1. The van der Waals surface area contributed by atoms with Gasteiger partial charge in [0.15, 0.2) is 0 Å². The summed E-state index contributed by atoms with van der Waals surface area (Å²) in [4.78, 5) is 0. The number of hydrogen-bond acceptors (Lipinski definition) is 4. The van der Waals surface area contributed by atoms with Crippen LogP contribution >= 0.6 is 0 Å². The van der Waals surface area contributed by atoms with Crippen molar-refractivity contribution in [3.8, 4) is 0 Å². The molecule has 0 bridgehead atoms. The van der Waals surface area contributed by atoms with Crippen LogP contribution in [-0.4, -0.2) is 52.7 Å². The van der Waals surface area contributed by atoms with Crippen molar-refractivity contribution in [2.75, 3.05) is 46.6 Å². The number of ether oxygens (including phenoxy) is 3. The van der Waals surface area contributed by atoms with Crippen LogP contribution in [0.2, 0.25) is 0 Å². The van der Waals surface area contributed by atoms with Crippen molar-refractivity contribution in [1.29, 1.82) is 0 Å². The topological polar surface area (TPSA) is 39.7 Å². The van der Waals surface area contributed by atoms with Gasteiger partial charge >= 0.3 is 0 Å². The maximum absolute atomic E-state index is 5.60. The minimum absolute atomic E-state index is 0.268. The van der Waals surface area contributed by atoms with Crippen LogP contribution in [0, 0.1) is 0 Å². The Morgan fingerprint density at radius 3 is 2.62 bits per heavy atom. The van der Waals surface area contributed by atoms with Crippen LogP contribution in [0.1, 0.15) is 26.7 Å². The molecule has 0 radical (unpaired) electrons. The summed E-state index contributed by atoms with van der Waals surface area (Å²) < 4.78 is 15.8. The quantitative estimate of drug-likeness (QED) is 0.518. The highest BCUT2D eigenvalue weighted by atomic mass is 16.5. The van der Waals surface area contributed by atoms with E-state index < -0.39 is 0 Å². The van der Waals surface area contributed by atoms with E-state index in [4.69, 9.17) is 14.2 Å². The Balaban J connectivity index is 3.08. The molecular weight excluding hydrogens is 206 g/mol. The van der Waals surface area contributed by atoms with Crippen LogP contribution in [0.5, 0.6) is 0 Å². The molecule has 0 spiro atoms. The first-order valence-electron chi connectivity index (χ1n) is 6.20. The largest absolute Gasteiger partial charge is 0.385 e. The molecule has 0 saturated heterocycles. The molecule has 1 N–H and O–H groups in total. The zero-order valence-corrected chi connectivity index (χ0v) is 11.0. The van der Waals surface area contributed by atoms with Crippen LogP contribution in [0.25, 0.3) is 0 Å². The zero-order valence-electron chi connectivity index (χ0n) is 11.0. The number of hydrogen-bond donors (Lipinski definition) is 1. The second-order valence-electron chi connectivity index (χ2n) is 3.78. The van der Waals surface area contributed by atoms with Gasteiger partial charge in [0.25, 0.3) is 0 Å². The van der Waals surface area contributed by atoms with E-state index in [-0.39, 0.29) is 6.10 Å². The Morgan fingerprint density at radius 2 is 1.94 bits per heavy atom. The van der Waals surface area contributed by atoms with Crippen LogP contribution in [0.15, 0.2) is 0 Å². The molecule has 98 valence electrons. The van der Waals surface area contributed by atoms with E-state index in [9.17, 15) is 0 Å². The molecule has 0 aromatic carbocycles. The average molecular weight is 233 g/mol. The Bertz CT molecular complexity index is 133. The summed E-state index contributed by atoms with van der Waals surface area (Å²) in [7, 11) is 1.71. The van der Waals surface area contributed by atoms with Crippen molar-refractivity contribution in [3.63, 3.8) is 0 Å². The lowest BCUT2D eigenvalue weighted by Crippen LogP contribution is -2.28. The van der Waals surface area contributed by atoms with Crippen molar-refractivity contribution in [2.24, 2.45) is 0 Å². The predicted molar refractivity (Wildman–Crippen MR) is 65.9 cm³/mol. The Kier molecular flexibility index (Phi) is 12.8. The molecule has 1 unspecified atom stereocenters. The van der Waals surface area contributed by atoms with Crippen molar-refractivity contribution >= 4 is 0 Å². The highest BCUT2D eigenvalue weighted by Gasteiger charge is 2.00. The molecular formula is C12H27NO3. The van der Waals surface area contributed by atoms with Gasteiger partial charge < -0.3 is 19.5 Å². The molecule has 0 aliphatic carbocycles. The Morgan fingerprint density at radius 1 is 1.12 bits per heavy atom. The highest BCUT2D eigenvalue weighted by Crippen LogP contribution is 1.91. The van der Waals surface area contributed by atoms with Gasteiger partial charge in [0.05, 0.1) is 6.10 Å². The molecule has 4 heteroatoms. The molecule has 0 saturated carbocycles. The van der Waals surface area contributed by atoms with Gasteiger partial charge in [-0.1, -0.05) is 0 Å². The fraction of sp³-hybridized carbons (Fsp3) is 1.00. The molecule has 0 aliphatic rings. The summed E-state index contributed by atoms with van der Waals surface area (Å²) in [5.74, 6) is 0. The Labute approximate surface area is 99.6 Å². The molecule has 0 fully saturated rings. The fourth-order valence-electron chi connectivity index (χ4n) is 1.30. The molecule has 0 aromatic rings. The number of nitrogens with one attached hydrogen (secondary N) is 1. The Hall–Kier alpha value is -0.160. The van der Waals surface area contributed by atoms with Gasteiger partial charge in [-0.3, -0.25) is 0 Å². The van der Waals surface area contributed by atoms with Gasteiger partial charge in [-0.15, -0.1) is 0 Å². The summed E-state index contributed by atoms with van der Waals surface area (Å²) in [5, 5.41) is 3.35. The van der Waals surface area contributed by atoms with E-state index in [1.807, 2.05) is 6.92 Å². The maximum atomic E-state index is 5.60. The molecule has 4 nitrogen and oxygen atoms in total. The molecule has 0 aromatic heterocycles. The standard InChI is InChI=1S/C12H27NO3/c1-4-15-9-5-7-13-11-12(2)16-10-6-8-14-3/h12-13H,4-11H2,1-3H3. The fourth-order valence-corrected chi connectivity index (χ4v) is 1.30. The molecule has 1 atom stereocenters. The van der Waals surface area contributed by atoms with E-state index >= 15 is 0 Å². The van der Waals surface area contributed by atoms with Gasteiger partial charge in [-0.25, -0.2) is 0 Å². The third-order valence-electron chi connectivity index (χ3n) is 2.17. The minimum atomic E-state index is 0.268. The monoisotopic (exact) mass is 233 g/mol. The van der Waals surface area contributed by atoms with E-state index in [1.165, 1.54) is 0 Å². The maximum Gasteiger partial charge on any atom is 0.0671 e. The first-order chi connectivity index (χ1) is 7.81. The lowest BCUT2D eigenvalue weighted by molar-refractivity contribution is 0.0501. The van der Waals surface area contributed by atoms with Crippen molar-refractivity contribution in [3.05, 3.63) is 0 Å². The summed E-state index contributed by atoms with van der Waals surface area (Å²) in [6.07, 6.45) is 2.29. The number of methoxy groups -OCH3 is 1. The summed E-state index contributed by atoms with van der Waals surface area (Å²) >= 11 is 0. The molecule has 0 amide bonds. The van der Waals surface area contributed by atoms with E-state index in [0.29, 0.717) is 0 Å². The van der Waals surface area contributed by atoms with E-state index in [0.717, 1.165) is 52.4 Å². The van der Waals surface area contributed by atoms with Gasteiger partial charge in [0.2, 0.25) is 0 Å². The van der Waals surface area contributed by atoms with Crippen LogP contribution < -0.4 is 5.32 Å². The van der Waals surface area contributed by atoms with E-state index in [2.05, 4.69) is 12.2 Å². The van der Waals surface area contributed by atoms with Gasteiger partial charge in [0, 0.05) is 40.1 Å². The second kappa shape index (κ2) is 12.9. The predicted octanol–water partition coefficient (Wildman–Crippen LogP) is 1.44. The minimum Gasteiger partial charge on any atom is -0.385 e. The van der Waals surface area contributed by atoms with E-state index in [1.54, 1.807) is 7.11 Å². The second-order valence-corrected chi connectivity index (χ2v) is 3.78. The van der Waals surface area contributed by atoms with Gasteiger partial charge in [-0.05, 0) is 33.2 Å². The summed E-state index contributed by atoms with van der Waals surface area (Å²) in [6, 6.07) is 0. The number of rotatable bonds is 12. The molecule has 0 rings (SSSR count). The van der Waals surface area contributed by atoms with Crippen molar-refractivity contribution in [1.82, 2.24) is 5.32 Å². The first kappa shape index (κ1) is 15.8. The normalized spacial score (nSPS) is 12.9. The molecule has 0 heterocycles. The third kappa shape index (κ3) is 11.9. The SMILES string of the molecule is CCOCCCNCC(C)OCCCOC. The highest BCUT2D eigenvalue weighted by molar-refractivity contribution is 4.55. The third-order valence-corrected chi connectivity index (χ3v) is 2.17. The average Bonchev–Trinajstić information content (AvgIpc) is 2.29. The summed E-state index contributed by atoms with van der Waals surface area (Å²) in [6.45, 7) is 9.19. The lowest BCUT2D eigenvalue weighted by atomic mass is 10.3. The van der Waals surface area contributed by atoms with Crippen LogP contribution in [0.3, 0.4) is 0 Å².